The van der Waals surface area contributed by atoms with Gasteiger partial charge in [0, 0.05) is 4.91 Å². The van der Waals surface area contributed by atoms with E-state index in [1.807, 2.05) is 12.2 Å². The summed E-state index contributed by atoms with van der Waals surface area (Å²) >= 11 is 4.05. The molecule has 1 aliphatic carbocycles. The molecular weight excluding hydrogens is 111 g/mol. The van der Waals surface area contributed by atoms with Crippen LogP contribution in [0.25, 0.3) is 0 Å². The predicted octanol–water partition coefficient (Wildman–Crippen LogP) is 1.57. The molecule has 0 spiro atoms. The lowest BCUT2D eigenvalue weighted by Crippen LogP contribution is -1.78. The molecule has 6 heavy (non-hydrogen) atoms. The third kappa shape index (κ3) is 0.528. The molecule has 0 amide bonds. The van der Waals surface area contributed by atoms with Crippen LogP contribution in [0.15, 0.2) is 22.4 Å². The quantitative estimate of drug-likeness (QED) is 0.360. The van der Waals surface area contributed by atoms with Gasteiger partial charge in [0.05, 0.1) is 0 Å². The summed E-state index contributed by atoms with van der Waals surface area (Å²) in [5.41, 5.74) is 0. The van der Waals surface area contributed by atoms with Crippen molar-refractivity contribution in [3.63, 3.8) is 0 Å². The highest BCUT2D eigenvalue weighted by Crippen LogP contribution is 2.27. The topological polar surface area (TPSA) is 0 Å². The van der Waals surface area contributed by atoms with E-state index in [1.165, 1.54) is 5.31 Å². The number of rotatable bonds is 0. The summed E-state index contributed by atoms with van der Waals surface area (Å²) in [7, 11) is 2.58. The van der Waals surface area contributed by atoms with Crippen LogP contribution in [0, 0.1) is 0 Å². The van der Waals surface area contributed by atoms with Gasteiger partial charge < -0.3 is 0 Å². The number of thiol groups is 1. The highest BCUT2D eigenvalue weighted by Gasteiger charge is 1.97. The van der Waals surface area contributed by atoms with Gasteiger partial charge in [-0.05, 0) is 11.4 Å². The molecule has 0 saturated heterocycles. The average molecular weight is 116 g/mol. The summed E-state index contributed by atoms with van der Waals surface area (Å²) < 4.78 is 0. The van der Waals surface area contributed by atoms with Crippen LogP contribution >= 0.6 is 21.9 Å². The van der Waals surface area contributed by atoms with Crippen LogP contribution in [0.3, 0.4) is 0 Å². The largest absolute Gasteiger partial charge is 0.143 e. The van der Waals surface area contributed by atoms with Crippen LogP contribution in [0.4, 0.5) is 0 Å². The van der Waals surface area contributed by atoms with Crippen molar-refractivity contribution < 1.29 is 0 Å². The van der Waals surface area contributed by atoms with Crippen LogP contribution in [-0.4, -0.2) is 0 Å². The van der Waals surface area contributed by atoms with E-state index >= 15 is 0 Å². The molecule has 1 aliphatic rings. The van der Waals surface area contributed by atoms with Gasteiger partial charge in [-0.2, -0.15) is 0 Å². The Bertz CT molecular complexity index is 108. The summed E-state index contributed by atoms with van der Waals surface area (Å²) in [6.07, 6.45) is 3.97. The second kappa shape index (κ2) is 1.40. The number of allylic oxidation sites excluding steroid dienone is 3. The maximum atomic E-state index is 4.05. The lowest BCUT2D eigenvalue weighted by molar-refractivity contribution is 1.71. The summed E-state index contributed by atoms with van der Waals surface area (Å²) in [5.74, 6) is 0. The lowest BCUT2D eigenvalue weighted by atomic mass is 10.3. The lowest BCUT2D eigenvalue weighted by Gasteiger charge is -2.03. The molecule has 0 aliphatic heterocycles. The molecule has 0 heterocycles. The van der Waals surface area contributed by atoms with E-state index in [9.17, 15) is 0 Å². The molecule has 0 aromatic carbocycles. The molecule has 32 valence electrons. The van der Waals surface area contributed by atoms with Gasteiger partial charge in [-0.3, -0.25) is 0 Å². The van der Waals surface area contributed by atoms with Crippen LogP contribution in [0.2, 0.25) is 0 Å². The van der Waals surface area contributed by atoms with Crippen molar-refractivity contribution in [1.29, 1.82) is 0 Å². The smallest absolute Gasteiger partial charge is 0.0112 e. The first-order chi connectivity index (χ1) is 2.80. The van der Waals surface area contributed by atoms with E-state index in [1.54, 1.807) is 0 Å². The Morgan fingerprint density at radius 1 is 1.50 bits per heavy atom. The normalized spacial score (nSPS) is 18.3. The summed E-state index contributed by atoms with van der Waals surface area (Å²) in [6.45, 7) is 0. The van der Waals surface area contributed by atoms with Crippen molar-refractivity contribution >= 4 is 21.9 Å². The molecule has 0 radical (unpaired) electrons. The zero-order valence-corrected chi connectivity index (χ0v) is 5.23. The molecular formula is C4H5PS. The van der Waals surface area contributed by atoms with Crippen molar-refractivity contribution in [2.45, 2.75) is 0 Å². The zero-order valence-electron chi connectivity index (χ0n) is 3.18. The molecule has 0 aromatic rings. The fourth-order valence-corrected chi connectivity index (χ4v) is 0.596. The van der Waals surface area contributed by atoms with E-state index in [4.69, 9.17) is 0 Å². The molecule has 2 heteroatoms. The van der Waals surface area contributed by atoms with Gasteiger partial charge in [0.25, 0.3) is 0 Å². The molecule has 0 saturated carbocycles. The van der Waals surface area contributed by atoms with Crippen molar-refractivity contribution in [1.82, 2.24) is 0 Å². The Morgan fingerprint density at radius 3 is 2.00 bits per heavy atom. The molecule has 1 atom stereocenters. The Morgan fingerprint density at radius 2 is 2.00 bits per heavy atom. The maximum absolute atomic E-state index is 4.05. The Labute approximate surface area is 44.9 Å². The van der Waals surface area contributed by atoms with Gasteiger partial charge in [0.2, 0.25) is 0 Å². The Balaban J connectivity index is 2.63. The summed E-state index contributed by atoms with van der Waals surface area (Å²) in [6, 6.07) is 0. The first-order valence-electron chi connectivity index (χ1n) is 1.67. The van der Waals surface area contributed by atoms with E-state index < -0.39 is 0 Å². The van der Waals surface area contributed by atoms with E-state index in [0.717, 1.165) is 4.91 Å². The zero-order chi connectivity index (χ0) is 4.57. The van der Waals surface area contributed by atoms with Gasteiger partial charge in [-0.15, -0.1) is 21.9 Å². The van der Waals surface area contributed by atoms with Crippen molar-refractivity contribution in [2.24, 2.45) is 0 Å². The minimum Gasteiger partial charge on any atom is -0.143 e. The van der Waals surface area contributed by atoms with E-state index in [-0.39, 0.29) is 0 Å². The second-order valence-corrected chi connectivity index (χ2v) is 2.28. The minimum atomic E-state index is 1.08. The monoisotopic (exact) mass is 116 g/mol. The summed E-state index contributed by atoms with van der Waals surface area (Å²) in [5, 5.41) is 1.21. The highest BCUT2D eigenvalue weighted by molar-refractivity contribution is 7.85. The minimum absolute atomic E-state index is 1.08. The second-order valence-electron chi connectivity index (χ2n) is 1.17. The molecule has 0 bridgehead atoms. The van der Waals surface area contributed by atoms with Crippen LogP contribution in [0.5, 0.6) is 0 Å². The van der Waals surface area contributed by atoms with Gasteiger partial charge in [0.15, 0.2) is 0 Å². The van der Waals surface area contributed by atoms with Gasteiger partial charge in [-0.1, -0.05) is 6.08 Å². The van der Waals surface area contributed by atoms with Crippen molar-refractivity contribution in [2.75, 3.05) is 0 Å². The molecule has 0 fully saturated rings. The third-order valence-electron chi connectivity index (χ3n) is 0.717. The first-order valence-corrected chi connectivity index (χ1v) is 2.70. The van der Waals surface area contributed by atoms with Crippen molar-refractivity contribution in [3.05, 3.63) is 22.4 Å². The van der Waals surface area contributed by atoms with Gasteiger partial charge in [-0.25, -0.2) is 0 Å². The molecule has 1 unspecified atom stereocenters. The first kappa shape index (κ1) is 4.42. The maximum Gasteiger partial charge on any atom is 0.0112 e. The number of hydrogen-bond acceptors (Lipinski definition) is 1. The third-order valence-corrected chi connectivity index (χ3v) is 1.87. The molecule has 0 aromatic heterocycles. The Kier molecular flexibility index (Phi) is 1.03. The summed E-state index contributed by atoms with van der Waals surface area (Å²) in [4.78, 5) is 1.08. The molecule has 1 rings (SSSR count). The average Bonchev–Trinajstić information content (AvgIpc) is 1.61. The van der Waals surface area contributed by atoms with E-state index in [2.05, 4.69) is 21.9 Å². The van der Waals surface area contributed by atoms with Gasteiger partial charge >= 0.3 is 0 Å². The Hall–Kier alpha value is 0.260. The van der Waals surface area contributed by atoms with Crippen LogP contribution in [-0.2, 0) is 0 Å². The van der Waals surface area contributed by atoms with E-state index in [0.29, 0.717) is 0 Å². The van der Waals surface area contributed by atoms with Crippen LogP contribution in [0.1, 0.15) is 0 Å². The van der Waals surface area contributed by atoms with Gasteiger partial charge in [0.1, 0.15) is 0 Å². The number of hydrogen-bond donors (Lipinski definition) is 1. The fraction of sp³-hybridized carbons (Fsp3) is 0. The standard InChI is InChI=1S/C4H5PS/c5-3-1-2-4(3)6/h1-2,6H,5H2. The SMILES string of the molecule is PC1=CC=C1S. The molecule has 0 nitrogen and oxygen atoms in total. The highest BCUT2D eigenvalue weighted by atomic mass is 32.1. The van der Waals surface area contributed by atoms with Crippen LogP contribution < -0.4 is 0 Å². The van der Waals surface area contributed by atoms with Crippen molar-refractivity contribution in [3.8, 4) is 0 Å². The molecule has 0 N–H and O–H groups in total. The predicted molar refractivity (Wildman–Crippen MR) is 34.9 cm³/mol. The fourth-order valence-electron chi connectivity index (χ4n) is 0.254.